The Morgan fingerprint density at radius 2 is 1.88 bits per heavy atom. The van der Waals surface area contributed by atoms with Gasteiger partial charge in [0.2, 0.25) is 5.91 Å². The van der Waals surface area contributed by atoms with E-state index in [1.165, 1.54) is 11.8 Å². The SMILES string of the molecule is CCN(C(=O)CSc1nc2ccccc2c(=O)n1C(C)c1ccccc1)C1CCS(=O)(=O)C1. The summed E-state index contributed by atoms with van der Waals surface area (Å²) in [6.45, 7) is 4.24. The van der Waals surface area contributed by atoms with E-state index in [9.17, 15) is 18.0 Å². The molecule has 9 heteroatoms. The van der Waals surface area contributed by atoms with Crippen molar-refractivity contribution in [2.24, 2.45) is 0 Å². The maximum Gasteiger partial charge on any atom is 0.262 e. The van der Waals surface area contributed by atoms with Crippen LogP contribution in [-0.2, 0) is 14.6 Å². The zero-order valence-electron chi connectivity index (χ0n) is 18.7. The number of hydrogen-bond acceptors (Lipinski definition) is 6. The molecular weight excluding hydrogens is 458 g/mol. The molecule has 33 heavy (non-hydrogen) atoms. The van der Waals surface area contributed by atoms with Gasteiger partial charge in [0.05, 0.1) is 34.2 Å². The van der Waals surface area contributed by atoms with E-state index < -0.39 is 9.84 Å². The number of amides is 1. The van der Waals surface area contributed by atoms with Crippen molar-refractivity contribution in [1.82, 2.24) is 14.5 Å². The molecule has 2 atom stereocenters. The molecule has 1 aromatic heterocycles. The smallest absolute Gasteiger partial charge is 0.262 e. The molecule has 0 N–H and O–H groups in total. The Morgan fingerprint density at radius 3 is 2.55 bits per heavy atom. The van der Waals surface area contributed by atoms with Gasteiger partial charge in [-0.15, -0.1) is 0 Å². The second-order valence-electron chi connectivity index (χ2n) is 8.20. The number of carbonyl (C=O) groups is 1. The third-order valence-corrected chi connectivity index (χ3v) is 8.77. The Bertz CT molecular complexity index is 1320. The monoisotopic (exact) mass is 485 g/mol. The number of carbonyl (C=O) groups excluding carboxylic acids is 1. The van der Waals surface area contributed by atoms with Crippen molar-refractivity contribution in [3.05, 3.63) is 70.5 Å². The van der Waals surface area contributed by atoms with Crippen LogP contribution in [0.3, 0.4) is 0 Å². The lowest BCUT2D eigenvalue weighted by atomic mass is 10.1. The molecule has 174 valence electrons. The fraction of sp³-hybridized carbons (Fsp3) is 0.375. The van der Waals surface area contributed by atoms with Crippen LogP contribution >= 0.6 is 11.8 Å². The first-order valence-corrected chi connectivity index (χ1v) is 13.8. The van der Waals surface area contributed by atoms with Gasteiger partial charge < -0.3 is 4.90 Å². The first-order chi connectivity index (χ1) is 15.8. The minimum atomic E-state index is -3.09. The second-order valence-corrected chi connectivity index (χ2v) is 11.4. The molecule has 2 unspecified atom stereocenters. The van der Waals surface area contributed by atoms with Crippen molar-refractivity contribution in [2.75, 3.05) is 23.8 Å². The highest BCUT2D eigenvalue weighted by Gasteiger charge is 2.34. The van der Waals surface area contributed by atoms with Crippen molar-refractivity contribution >= 4 is 38.4 Å². The molecule has 1 saturated heterocycles. The van der Waals surface area contributed by atoms with E-state index in [4.69, 9.17) is 4.98 Å². The van der Waals surface area contributed by atoms with E-state index in [2.05, 4.69) is 0 Å². The number of benzene rings is 2. The standard InChI is InChI=1S/C24H27N3O4S2/c1-3-26(19-13-14-33(30,31)16-19)22(28)15-32-24-25-21-12-8-7-11-20(21)23(29)27(24)17(2)18-9-5-4-6-10-18/h4-12,17,19H,3,13-16H2,1-2H3. The predicted molar refractivity (Wildman–Crippen MR) is 131 cm³/mol. The van der Waals surface area contributed by atoms with Crippen LogP contribution in [0.2, 0.25) is 0 Å². The lowest BCUT2D eigenvalue weighted by Crippen LogP contribution is -2.42. The molecule has 0 saturated carbocycles. The average molecular weight is 486 g/mol. The number of thioether (sulfide) groups is 1. The summed E-state index contributed by atoms with van der Waals surface area (Å²) in [5.74, 6) is 0.0678. The molecule has 1 aliphatic rings. The molecule has 4 rings (SSSR count). The number of aromatic nitrogens is 2. The minimum absolute atomic E-state index is 0.0151. The highest BCUT2D eigenvalue weighted by Crippen LogP contribution is 2.26. The summed E-state index contributed by atoms with van der Waals surface area (Å²) in [7, 11) is -3.09. The predicted octanol–water partition coefficient (Wildman–Crippen LogP) is 3.13. The summed E-state index contributed by atoms with van der Waals surface area (Å²) in [4.78, 5) is 32.8. The largest absolute Gasteiger partial charge is 0.338 e. The van der Waals surface area contributed by atoms with Gasteiger partial charge in [0.15, 0.2) is 15.0 Å². The normalized spacial score (nSPS) is 18.3. The lowest BCUT2D eigenvalue weighted by Gasteiger charge is -2.27. The highest BCUT2D eigenvalue weighted by molar-refractivity contribution is 7.99. The molecule has 1 aliphatic heterocycles. The van der Waals surface area contributed by atoms with Crippen LogP contribution in [0, 0.1) is 0 Å². The number of nitrogens with zero attached hydrogens (tertiary/aromatic N) is 3. The van der Waals surface area contributed by atoms with Gasteiger partial charge in [-0.3, -0.25) is 14.2 Å². The topological polar surface area (TPSA) is 89.3 Å². The van der Waals surface area contributed by atoms with Gasteiger partial charge in [-0.25, -0.2) is 13.4 Å². The zero-order chi connectivity index (χ0) is 23.6. The molecule has 0 radical (unpaired) electrons. The van der Waals surface area contributed by atoms with Crippen LogP contribution in [0.4, 0.5) is 0 Å². The number of hydrogen-bond donors (Lipinski definition) is 0. The lowest BCUT2D eigenvalue weighted by molar-refractivity contribution is -0.129. The third-order valence-electron chi connectivity index (χ3n) is 6.08. The highest BCUT2D eigenvalue weighted by atomic mass is 32.2. The van der Waals surface area contributed by atoms with E-state index in [1.807, 2.05) is 56.3 Å². The fourth-order valence-electron chi connectivity index (χ4n) is 4.32. The Kier molecular flexibility index (Phi) is 6.90. The Morgan fingerprint density at radius 1 is 1.18 bits per heavy atom. The Labute approximate surface area is 197 Å². The number of rotatable bonds is 7. The van der Waals surface area contributed by atoms with Gasteiger partial charge in [-0.1, -0.05) is 54.2 Å². The van der Waals surface area contributed by atoms with Crippen molar-refractivity contribution in [3.63, 3.8) is 0 Å². The molecular formula is C24H27N3O4S2. The van der Waals surface area contributed by atoms with Gasteiger partial charge in [-0.05, 0) is 38.0 Å². The van der Waals surface area contributed by atoms with Crippen molar-refractivity contribution in [3.8, 4) is 0 Å². The van der Waals surface area contributed by atoms with Gasteiger partial charge >= 0.3 is 0 Å². The fourth-order valence-corrected chi connectivity index (χ4v) is 7.01. The van der Waals surface area contributed by atoms with E-state index in [0.717, 1.165) is 5.56 Å². The Hall–Kier alpha value is -2.65. The van der Waals surface area contributed by atoms with Gasteiger partial charge in [0, 0.05) is 12.6 Å². The van der Waals surface area contributed by atoms with Crippen LogP contribution in [0.5, 0.6) is 0 Å². The maximum absolute atomic E-state index is 13.4. The van der Waals surface area contributed by atoms with E-state index in [1.54, 1.807) is 21.6 Å². The molecule has 1 amide bonds. The number of sulfone groups is 1. The molecule has 2 aromatic carbocycles. The average Bonchev–Trinajstić information content (AvgIpc) is 3.17. The van der Waals surface area contributed by atoms with Crippen LogP contribution in [-0.4, -0.2) is 58.6 Å². The van der Waals surface area contributed by atoms with Crippen LogP contribution in [0.15, 0.2) is 64.5 Å². The van der Waals surface area contributed by atoms with Crippen LogP contribution in [0.25, 0.3) is 10.9 Å². The summed E-state index contributed by atoms with van der Waals surface area (Å²) >= 11 is 1.22. The molecule has 3 aromatic rings. The molecule has 0 bridgehead atoms. The first-order valence-electron chi connectivity index (χ1n) is 11.0. The van der Waals surface area contributed by atoms with Crippen LogP contribution in [0.1, 0.15) is 31.9 Å². The summed E-state index contributed by atoms with van der Waals surface area (Å²) in [5, 5.41) is 1.00. The summed E-state index contributed by atoms with van der Waals surface area (Å²) in [6.07, 6.45) is 0.469. The maximum atomic E-state index is 13.4. The van der Waals surface area contributed by atoms with Crippen molar-refractivity contribution in [2.45, 2.75) is 37.5 Å². The Balaban J connectivity index is 1.65. The zero-order valence-corrected chi connectivity index (χ0v) is 20.3. The molecule has 1 fully saturated rings. The van der Waals surface area contributed by atoms with Crippen molar-refractivity contribution < 1.29 is 13.2 Å². The van der Waals surface area contributed by atoms with Crippen molar-refractivity contribution in [1.29, 1.82) is 0 Å². The van der Waals surface area contributed by atoms with Gasteiger partial charge in [0.1, 0.15) is 0 Å². The first kappa shape index (κ1) is 23.5. The van der Waals surface area contributed by atoms with E-state index in [-0.39, 0.29) is 40.8 Å². The number of fused-ring (bicyclic) bond motifs is 1. The van der Waals surface area contributed by atoms with Gasteiger partial charge in [0.25, 0.3) is 5.56 Å². The van der Waals surface area contributed by atoms with E-state index >= 15 is 0 Å². The summed E-state index contributed by atoms with van der Waals surface area (Å²) in [6, 6.07) is 16.4. The molecule has 2 heterocycles. The summed E-state index contributed by atoms with van der Waals surface area (Å²) < 4.78 is 25.4. The third kappa shape index (κ3) is 4.99. The second kappa shape index (κ2) is 9.69. The van der Waals surface area contributed by atoms with Crippen LogP contribution < -0.4 is 5.56 Å². The molecule has 0 aliphatic carbocycles. The van der Waals surface area contributed by atoms with Gasteiger partial charge in [-0.2, -0.15) is 0 Å². The quantitative estimate of drug-likeness (QED) is 0.377. The molecule has 0 spiro atoms. The summed E-state index contributed by atoms with van der Waals surface area (Å²) in [5.41, 5.74) is 1.40. The van der Waals surface area contributed by atoms with E-state index in [0.29, 0.717) is 29.0 Å². The number of para-hydroxylation sites is 1. The minimum Gasteiger partial charge on any atom is -0.338 e. The molecule has 7 nitrogen and oxygen atoms in total.